The summed E-state index contributed by atoms with van der Waals surface area (Å²) in [6, 6.07) is 10.1. The molecule has 6 heteroatoms. The molecular weight excluding hydrogens is 402 g/mol. The number of amidine groups is 1. The van der Waals surface area contributed by atoms with Gasteiger partial charge in [0, 0.05) is 47.3 Å². The number of rotatable bonds is 8. The smallest absolute Gasteiger partial charge is 0.305 e. The Labute approximate surface area is 188 Å². The van der Waals surface area contributed by atoms with Crippen LogP contribution in [0.4, 0.5) is 0 Å². The first-order valence-electron chi connectivity index (χ1n) is 11.0. The number of methoxy groups -OCH3 is 1. The van der Waals surface area contributed by atoms with E-state index in [0.29, 0.717) is 6.42 Å². The van der Waals surface area contributed by atoms with Crippen LogP contribution in [-0.4, -0.2) is 36.6 Å². The third-order valence-corrected chi connectivity index (χ3v) is 6.11. The van der Waals surface area contributed by atoms with Crippen molar-refractivity contribution < 1.29 is 13.9 Å². The van der Waals surface area contributed by atoms with Gasteiger partial charge in [0.25, 0.3) is 0 Å². The molecular formula is C26H29N3O3. The number of allylic oxidation sites excluding steroid dienone is 4. The maximum Gasteiger partial charge on any atom is 0.305 e. The lowest BCUT2D eigenvalue weighted by Gasteiger charge is -2.30. The second-order valence-electron chi connectivity index (χ2n) is 8.65. The maximum atomic E-state index is 11.4. The van der Waals surface area contributed by atoms with Crippen molar-refractivity contribution in [1.29, 1.82) is 5.41 Å². The highest BCUT2D eigenvalue weighted by Crippen LogP contribution is 2.46. The molecule has 0 fully saturated rings. The molecule has 0 bridgehead atoms. The van der Waals surface area contributed by atoms with Gasteiger partial charge in [-0.15, -0.1) is 0 Å². The van der Waals surface area contributed by atoms with Crippen LogP contribution in [-0.2, 0) is 9.53 Å². The van der Waals surface area contributed by atoms with Crippen LogP contribution in [0.2, 0.25) is 0 Å². The van der Waals surface area contributed by atoms with Crippen molar-refractivity contribution in [3.63, 3.8) is 0 Å². The van der Waals surface area contributed by atoms with Gasteiger partial charge in [-0.1, -0.05) is 38.5 Å². The Morgan fingerprint density at radius 1 is 1.25 bits per heavy atom. The highest BCUT2D eigenvalue weighted by Gasteiger charge is 2.40. The van der Waals surface area contributed by atoms with E-state index in [0.717, 1.165) is 65.2 Å². The Hall–Kier alpha value is -3.41. The SMILES string of the molecule is COC(=O)CCCCCN1C=C(c2cc3ccccc3o2)C=C2C1=N/C(=C\C=N)C2(C)C. The number of esters is 1. The highest BCUT2D eigenvalue weighted by molar-refractivity contribution is 6.08. The molecule has 0 unspecified atom stereocenters. The standard InChI is InChI=1S/C26H29N3O3/c1-26(2)20-15-19(22-16-18-9-6-7-10-21(18)32-22)17-29(25(20)28-23(26)12-13-27)14-8-4-5-11-24(30)31-3/h6-7,9-10,12-13,15-17,27H,4-5,8,11,14H2,1-3H3/b23-12-,27-13?. The van der Waals surface area contributed by atoms with Gasteiger partial charge in [-0.05, 0) is 37.1 Å². The van der Waals surface area contributed by atoms with Crippen LogP contribution < -0.4 is 0 Å². The van der Waals surface area contributed by atoms with Gasteiger partial charge in [0.05, 0.1) is 12.8 Å². The monoisotopic (exact) mass is 431 g/mol. The molecule has 1 N–H and O–H groups in total. The molecule has 0 atom stereocenters. The summed E-state index contributed by atoms with van der Waals surface area (Å²) in [5.41, 5.74) is 3.57. The molecule has 2 aliphatic rings. The van der Waals surface area contributed by atoms with Crippen molar-refractivity contribution in [2.24, 2.45) is 10.4 Å². The van der Waals surface area contributed by atoms with Gasteiger partial charge in [-0.2, -0.15) is 0 Å². The lowest BCUT2D eigenvalue weighted by Crippen LogP contribution is -2.32. The minimum atomic E-state index is -0.304. The number of nitrogens with one attached hydrogen (secondary N) is 1. The fourth-order valence-corrected chi connectivity index (χ4v) is 4.20. The third-order valence-electron chi connectivity index (χ3n) is 6.11. The summed E-state index contributed by atoms with van der Waals surface area (Å²) in [5, 5.41) is 8.60. The average Bonchev–Trinajstić information content (AvgIpc) is 3.33. The summed E-state index contributed by atoms with van der Waals surface area (Å²) in [4.78, 5) is 18.4. The molecule has 1 aromatic heterocycles. The van der Waals surface area contributed by atoms with Crippen molar-refractivity contribution >= 4 is 34.6 Å². The molecule has 32 heavy (non-hydrogen) atoms. The fourth-order valence-electron chi connectivity index (χ4n) is 4.20. The van der Waals surface area contributed by atoms with E-state index in [1.165, 1.54) is 13.3 Å². The lowest BCUT2D eigenvalue weighted by atomic mass is 9.80. The number of hydrogen-bond acceptors (Lipinski definition) is 6. The van der Waals surface area contributed by atoms with E-state index in [-0.39, 0.29) is 11.4 Å². The number of carbonyl (C=O) groups is 1. The molecule has 3 heterocycles. The maximum absolute atomic E-state index is 11.4. The third kappa shape index (κ3) is 4.17. The zero-order valence-corrected chi connectivity index (χ0v) is 18.9. The summed E-state index contributed by atoms with van der Waals surface area (Å²) < 4.78 is 10.9. The summed E-state index contributed by atoms with van der Waals surface area (Å²) in [6.07, 6.45) is 10.4. The molecule has 0 radical (unpaired) electrons. The number of para-hydroxylation sites is 1. The van der Waals surface area contributed by atoms with E-state index >= 15 is 0 Å². The largest absolute Gasteiger partial charge is 0.469 e. The second-order valence-corrected chi connectivity index (χ2v) is 8.65. The molecule has 6 nitrogen and oxygen atoms in total. The molecule has 166 valence electrons. The lowest BCUT2D eigenvalue weighted by molar-refractivity contribution is -0.140. The number of hydrogen-bond donors (Lipinski definition) is 1. The van der Waals surface area contributed by atoms with Gasteiger partial charge in [0.2, 0.25) is 0 Å². The summed E-state index contributed by atoms with van der Waals surface area (Å²) in [6.45, 7) is 5.07. The van der Waals surface area contributed by atoms with Crippen LogP contribution >= 0.6 is 0 Å². The van der Waals surface area contributed by atoms with Gasteiger partial charge in [0.1, 0.15) is 17.2 Å². The molecule has 4 rings (SSSR count). The van der Waals surface area contributed by atoms with E-state index in [1.54, 1.807) is 6.08 Å². The Balaban J connectivity index is 1.62. The van der Waals surface area contributed by atoms with Crippen LogP contribution in [0.5, 0.6) is 0 Å². The fraction of sp³-hybridized carbons (Fsp3) is 0.346. The molecule has 0 aliphatic carbocycles. The molecule has 0 saturated heterocycles. The molecule has 0 spiro atoms. The van der Waals surface area contributed by atoms with E-state index in [2.05, 4.69) is 43.2 Å². The van der Waals surface area contributed by atoms with E-state index in [1.807, 2.05) is 18.2 Å². The molecule has 2 aromatic rings. The summed E-state index contributed by atoms with van der Waals surface area (Å²) >= 11 is 0. The number of furan rings is 1. The Bertz CT molecular complexity index is 1130. The number of nitrogens with zero attached hydrogens (tertiary/aromatic N) is 2. The first-order chi connectivity index (χ1) is 15.4. The van der Waals surface area contributed by atoms with Crippen molar-refractivity contribution in [2.75, 3.05) is 13.7 Å². The number of unbranched alkanes of at least 4 members (excludes halogenated alkanes) is 2. The molecule has 0 amide bonds. The predicted octanol–water partition coefficient (Wildman–Crippen LogP) is 5.72. The van der Waals surface area contributed by atoms with Gasteiger partial charge < -0.3 is 19.5 Å². The molecule has 2 aliphatic heterocycles. The van der Waals surface area contributed by atoms with Crippen LogP contribution in [0.3, 0.4) is 0 Å². The Morgan fingerprint density at radius 2 is 2.06 bits per heavy atom. The van der Waals surface area contributed by atoms with E-state index in [4.69, 9.17) is 19.6 Å². The van der Waals surface area contributed by atoms with Gasteiger partial charge in [0.15, 0.2) is 0 Å². The number of fused-ring (bicyclic) bond motifs is 2. The first-order valence-corrected chi connectivity index (χ1v) is 11.0. The minimum absolute atomic E-state index is 0.163. The molecule has 0 saturated carbocycles. The Kier molecular flexibility index (Phi) is 6.12. The van der Waals surface area contributed by atoms with E-state index < -0.39 is 0 Å². The number of aliphatic imine (C=N–C) groups is 1. The number of benzene rings is 1. The topological polar surface area (TPSA) is 78.9 Å². The van der Waals surface area contributed by atoms with Crippen LogP contribution in [0.25, 0.3) is 16.5 Å². The van der Waals surface area contributed by atoms with Crippen LogP contribution in [0.15, 0.2) is 69.4 Å². The average molecular weight is 432 g/mol. The van der Waals surface area contributed by atoms with Gasteiger partial charge in [-0.3, -0.25) is 4.79 Å². The van der Waals surface area contributed by atoms with E-state index in [9.17, 15) is 4.79 Å². The van der Waals surface area contributed by atoms with Crippen LogP contribution in [0.1, 0.15) is 45.3 Å². The quantitative estimate of drug-likeness (QED) is 0.329. The summed E-state index contributed by atoms with van der Waals surface area (Å²) in [5.74, 6) is 1.59. The first kappa shape index (κ1) is 21.8. The predicted molar refractivity (Wildman–Crippen MR) is 128 cm³/mol. The minimum Gasteiger partial charge on any atom is -0.469 e. The van der Waals surface area contributed by atoms with Crippen molar-refractivity contribution in [2.45, 2.75) is 39.5 Å². The van der Waals surface area contributed by atoms with Crippen molar-refractivity contribution in [3.05, 3.63) is 65.7 Å². The van der Waals surface area contributed by atoms with Crippen molar-refractivity contribution in [3.8, 4) is 0 Å². The van der Waals surface area contributed by atoms with Crippen molar-refractivity contribution in [1.82, 2.24) is 4.90 Å². The molecule has 1 aromatic carbocycles. The zero-order chi connectivity index (χ0) is 22.7. The number of ether oxygens (including phenoxy) is 1. The van der Waals surface area contributed by atoms with Gasteiger partial charge in [-0.25, -0.2) is 4.99 Å². The highest BCUT2D eigenvalue weighted by atomic mass is 16.5. The van der Waals surface area contributed by atoms with Gasteiger partial charge >= 0.3 is 5.97 Å². The normalized spacial score (nSPS) is 18.3. The van der Waals surface area contributed by atoms with Crippen LogP contribution in [0, 0.1) is 10.8 Å². The Morgan fingerprint density at radius 3 is 2.81 bits per heavy atom. The summed E-state index contributed by atoms with van der Waals surface area (Å²) in [7, 11) is 1.42. The second kappa shape index (κ2) is 8.99. The number of carbonyl (C=O) groups excluding carboxylic acids is 1. The zero-order valence-electron chi connectivity index (χ0n) is 18.9.